The quantitative estimate of drug-likeness (QED) is 0.183. The van der Waals surface area contributed by atoms with Crippen LogP contribution in [0.1, 0.15) is 135 Å². The summed E-state index contributed by atoms with van der Waals surface area (Å²) in [6, 6.07) is 0. The van der Waals surface area contributed by atoms with E-state index in [2.05, 4.69) is 6.92 Å². The van der Waals surface area contributed by atoms with E-state index in [1.807, 2.05) is 0 Å². The van der Waals surface area contributed by atoms with Crippen molar-refractivity contribution in [2.75, 3.05) is 0 Å². The van der Waals surface area contributed by atoms with Gasteiger partial charge in [0, 0.05) is 0 Å². The molecular weight excluding hydrogens is 296 g/mol. The second-order valence-electron chi connectivity index (χ2n) is 7.63. The molecule has 0 aliphatic carbocycles. The molecule has 2 heteroatoms. The van der Waals surface area contributed by atoms with Crippen LogP contribution in [0.4, 0.5) is 0 Å². The molecule has 0 aromatic carbocycles. The van der Waals surface area contributed by atoms with Gasteiger partial charge in [-0.3, -0.25) is 0 Å². The topological polar surface area (TPSA) is 40.5 Å². The summed E-state index contributed by atoms with van der Waals surface area (Å²) in [6.07, 6.45) is 25.5. The molecule has 0 spiro atoms. The van der Waals surface area contributed by atoms with Crippen LogP contribution in [0.25, 0.3) is 0 Å². The van der Waals surface area contributed by atoms with Crippen molar-refractivity contribution in [2.45, 2.75) is 142 Å². The lowest BCUT2D eigenvalue weighted by atomic mass is 10.0. The molecular formula is C22H46O2. The lowest BCUT2D eigenvalue weighted by Gasteiger charge is -2.04. The van der Waals surface area contributed by atoms with Gasteiger partial charge >= 0.3 is 0 Å². The first kappa shape index (κ1) is 23.9. The second-order valence-corrected chi connectivity index (χ2v) is 7.63. The van der Waals surface area contributed by atoms with Crippen molar-refractivity contribution in [3.63, 3.8) is 0 Å². The van der Waals surface area contributed by atoms with Crippen molar-refractivity contribution in [1.82, 2.24) is 0 Å². The summed E-state index contributed by atoms with van der Waals surface area (Å²) in [5.74, 6) is 0. The Morgan fingerprint density at radius 3 is 0.917 bits per heavy atom. The zero-order valence-electron chi connectivity index (χ0n) is 16.6. The van der Waals surface area contributed by atoms with Crippen molar-refractivity contribution in [3.05, 3.63) is 0 Å². The van der Waals surface area contributed by atoms with Crippen LogP contribution >= 0.6 is 0 Å². The van der Waals surface area contributed by atoms with Gasteiger partial charge in [-0.15, -0.1) is 0 Å². The minimum atomic E-state index is -1.10. The molecule has 0 aliphatic heterocycles. The van der Waals surface area contributed by atoms with Gasteiger partial charge in [0.05, 0.1) is 0 Å². The molecule has 2 N–H and O–H groups in total. The van der Waals surface area contributed by atoms with E-state index in [1.54, 1.807) is 0 Å². The fourth-order valence-corrected chi connectivity index (χ4v) is 3.41. The third kappa shape index (κ3) is 21.9. The molecule has 0 atom stereocenters. The van der Waals surface area contributed by atoms with E-state index in [9.17, 15) is 0 Å². The van der Waals surface area contributed by atoms with Crippen molar-refractivity contribution >= 4 is 0 Å². The van der Waals surface area contributed by atoms with E-state index in [0.717, 1.165) is 12.8 Å². The molecule has 0 heterocycles. The van der Waals surface area contributed by atoms with Crippen LogP contribution < -0.4 is 0 Å². The highest BCUT2D eigenvalue weighted by Crippen LogP contribution is 2.14. The molecule has 0 bridgehead atoms. The van der Waals surface area contributed by atoms with Crippen molar-refractivity contribution in [2.24, 2.45) is 0 Å². The average Bonchev–Trinajstić information content (AvgIpc) is 2.56. The maximum atomic E-state index is 8.75. The summed E-state index contributed by atoms with van der Waals surface area (Å²) in [6.45, 7) is 2.29. The maximum absolute atomic E-state index is 8.75. The minimum Gasteiger partial charge on any atom is -0.368 e. The molecule has 0 aliphatic rings. The number of aliphatic hydroxyl groups excluding tert-OH is 1. The Kier molecular flexibility index (Phi) is 20.9. The van der Waals surface area contributed by atoms with Gasteiger partial charge in [0.2, 0.25) is 0 Å². The van der Waals surface area contributed by atoms with Gasteiger partial charge in [-0.25, -0.2) is 0 Å². The van der Waals surface area contributed by atoms with Crippen molar-refractivity contribution < 1.29 is 10.2 Å². The molecule has 0 fully saturated rings. The van der Waals surface area contributed by atoms with E-state index in [1.165, 1.54) is 109 Å². The molecule has 0 saturated heterocycles. The third-order valence-corrected chi connectivity index (χ3v) is 5.07. The third-order valence-electron chi connectivity index (χ3n) is 5.07. The summed E-state index contributed by atoms with van der Waals surface area (Å²) in [5, 5.41) is 17.5. The minimum absolute atomic E-state index is 0.541. The van der Waals surface area contributed by atoms with Gasteiger partial charge in [-0.1, -0.05) is 122 Å². The average molecular weight is 343 g/mol. The van der Waals surface area contributed by atoms with Crippen LogP contribution in [-0.4, -0.2) is 16.5 Å². The SMILES string of the molecule is CCCCCCCCCCCCCCCCCCCCCC(O)O. The van der Waals surface area contributed by atoms with E-state index in [-0.39, 0.29) is 0 Å². The summed E-state index contributed by atoms with van der Waals surface area (Å²) in [5.41, 5.74) is 0. The molecule has 0 aromatic heterocycles. The van der Waals surface area contributed by atoms with E-state index >= 15 is 0 Å². The predicted molar refractivity (Wildman–Crippen MR) is 106 cm³/mol. The zero-order chi connectivity index (χ0) is 17.7. The Bertz CT molecular complexity index is 216. The molecule has 24 heavy (non-hydrogen) atoms. The highest BCUT2D eigenvalue weighted by molar-refractivity contribution is 4.51. The highest BCUT2D eigenvalue weighted by Gasteiger charge is 1.97. The Labute approximate surface area is 152 Å². The Morgan fingerprint density at radius 2 is 0.667 bits per heavy atom. The standard InChI is InChI=1S/C22H46O2/c1-2-3-4-5-6-7-8-9-10-11-12-13-14-15-16-17-18-19-20-21-22(23)24/h22-24H,2-21H2,1H3. The molecule has 0 amide bonds. The fourth-order valence-electron chi connectivity index (χ4n) is 3.41. The Balaban J connectivity index is 2.95. The highest BCUT2D eigenvalue weighted by atomic mass is 16.5. The van der Waals surface area contributed by atoms with Crippen LogP contribution in [0.3, 0.4) is 0 Å². The lowest BCUT2D eigenvalue weighted by Crippen LogP contribution is -2.02. The van der Waals surface area contributed by atoms with Gasteiger partial charge in [-0.05, 0) is 12.8 Å². The summed E-state index contributed by atoms with van der Waals surface area (Å²) in [4.78, 5) is 0. The van der Waals surface area contributed by atoms with E-state index in [0.29, 0.717) is 6.42 Å². The van der Waals surface area contributed by atoms with Gasteiger partial charge in [0.25, 0.3) is 0 Å². The molecule has 2 nitrogen and oxygen atoms in total. The normalized spacial score (nSPS) is 11.5. The van der Waals surface area contributed by atoms with Crippen LogP contribution in [0.2, 0.25) is 0 Å². The first-order valence-corrected chi connectivity index (χ1v) is 11.1. The van der Waals surface area contributed by atoms with E-state index in [4.69, 9.17) is 10.2 Å². The number of hydrogen-bond donors (Lipinski definition) is 2. The molecule has 0 radical (unpaired) electrons. The van der Waals surface area contributed by atoms with Crippen molar-refractivity contribution in [3.8, 4) is 0 Å². The van der Waals surface area contributed by atoms with Gasteiger partial charge in [-0.2, -0.15) is 0 Å². The number of rotatable bonds is 20. The first-order chi connectivity index (χ1) is 11.8. The largest absolute Gasteiger partial charge is 0.368 e. The smallest absolute Gasteiger partial charge is 0.151 e. The summed E-state index contributed by atoms with van der Waals surface area (Å²) < 4.78 is 0. The summed E-state index contributed by atoms with van der Waals surface area (Å²) in [7, 11) is 0. The monoisotopic (exact) mass is 342 g/mol. The fraction of sp³-hybridized carbons (Fsp3) is 1.00. The molecule has 146 valence electrons. The van der Waals surface area contributed by atoms with Crippen LogP contribution in [0.15, 0.2) is 0 Å². The zero-order valence-corrected chi connectivity index (χ0v) is 16.6. The molecule has 0 saturated carbocycles. The molecule has 0 unspecified atom stereocenters. The maximum Gasteiger partial charge on any atom is 0.151 e. The number of unbranched alkanes of at least 4 members (excludes halogenated alkanes) is 18. The van der Waals surface area contributed by atoms with Gasteiger partial charge < -0.3 is 10.2 Å². The number of aliphatic hydroxyl groups is 2. The van der Waals surface area contributed by atoms with Gasteiger partial charge in [0.15, 0.2) is 6.29 Å². The predicted octanol–water partition coefficient (Wildman–Crippen LogP) is 7.12. The Morgan fingerprint density at radius 1 is 0.417 bits per heavy atom. The van der Waals surface area contributed by atoms with Crippen LogP contribution in [0.5, 0.6) is 0 Å². The van der Waals surface area contributed by atoms with Crippen LogP contribution in [-0.2, 0) is 0 Å². The van der Waals surface area contributed by atoms with Crippen molar-refractivity contribution in [1.29, 1.82) is 0 Å². The molecule has 0 rings (SSSR count). The Hall–Kier alpha value is -0.0800. The summed E-state index contributed by atoms with van der Waals surface area (Å²) >= 11 is 0. The molecule has 0 aromatic rings. The lowest BCUT2D eigenvalue weighted by molar-refractivity contribution is -0.0466. The second kappa shape index (κ2) is 21.0. The van der Waals surface area contributed by atoms with E-state index < -0.39 is 6.29 Å². The first-order valence-electron chi connectivity index (χ1n) is 11.1. The number of hydrogen-bond acceptors (Lipinski definition) is 2. The van der Waals surface area contributed by atoms with Gasteiger partial charge in [0.1, 0.15) is 0 Å². The van der Waals surface area contributed by atoms with Crippen LogP contribution in [0, 0.1) is 0 Å².